The lowest BCUT2D eigenvalue weighted by Crippen LogP contribution is -2.24. The minimum Gasteiger partial charge on any atom is -0.507 e. The largest absolute Gasteiger partial charge is 0.507 e. The Kier molecular flexibility index (Phi) is 6.89. The number of fused-ring (bicyclic) bond motifs is 2. The Labute approximate surface area is 193 Å². The first kappa shape index (κ1) is 22.3. The Bertz CT molecular complexity index is 1310. The van der Waals surface area contributed by atoms with E-state index >= 15 is 0 Å². The summed E-state index contributed by atoms with van der Waals surface area (Å²) in [5.41, 5.74) is 1.43. The summed E-state index contributed by atoms with van der Waals surface area (Å²) in [5.74, 6) is -0.610. The van der Waals surface area contributed by atoms with Crippen molar-refractivity contribution in [2.75, 3.05) is 11.9 Å². The van der Waals surface area contributed by atoms with Crippen molar-refractivity contribution in [3.8, 4) is 5.75 Å². The van der Waals surface area contributed by atoms with Crippen LogP contribution in [0.4, 0.5) is 5.69 Å². The zero-order valence-corrected chi connectivity index (χ0v) is 18.7. The van der Waals surface area contributed by atoms with Gasteiger partial charge in [-0.2, -0.15) is 0 Å². The molecule has 0 aliphatic carbocycles. The summed E-state index contributed by atoms with van der Waals surface area (Å²) in [6.07, 6.45) is 4.25. The number of hydrogen-bond acceptors (Lipinski definition) is 3. The Balaban J connectivity index is 1.54. The summed E-state index contributed by atoms with van der Waals surface area (Å²) in [6, 6.07) is 22.1. The van der Waals surface area contributed by atoms with Crippen LogP contribution in [0.2, 0.25) is 0 Å². The summed E-state index contributed by atoms with van der Waals surface area (Å²) in [6.45, 7) is 2.71. The Morgan fingerprint density at radius 3 is 2.45 bits per heavy atom. The van der Waals surface area contributed by atoms with Gasteiger partial charge in [0, 0.05) is 23.2 Å². The lowest BCUT2D eigenvalue weighted by Gasteiger charge is -2.11. The van der Waals surface area contributed by atoms with E-state index in [1.807, 2.05) is 42.5 Å². The molecule has 0 atom stereocenters. The number of anilines is 1. The molecule has 0 aliphatic rings. The highest BCUT2D eigenvalue weighted by Crippen LogP contribution is 2.27. The van der Waals surface area contributed by atoms with Crippen LogP contribution in [0.5, 0.6) is 5.75 Å². The fraction of sp³-hybridized carbons (Fsp3) is 0.214. The van der Waals surface area contributed by atoms with Gasteiger partial charge in [0.1, 0.15) is 5.75 Å². The maximum Gasteiger partial charge on any atom is 0.255 e. The highest BCUT2D eigenvalue weighted by atomic mass is 16.3. The zero-order chi connectivity index (χ0) is 23.2. The molecule has 0 saturated heterocycles. The Morgan fingerprint density at radius 2 is 1.61 bits per heavy atom. The first-order valence-electron chi connectivity index (χ1n) is 11.4. The number of rotatable bonds is 8. The van der Waals surface area contributed by atoms with Crippen LogP contribution in [0.3, 0.4) is 0 Å². The molecule has 33 heavy (non-hydrogen) atoms. The van der Waals surface area contributed by atoms with Crippen molar-refractivity contribution in [1.29, 1.82) is 0 Å². The normalized spacial score (nSPS) is 10.9. The van der Waals surface area contributed by atoms with Crippen LogP contribution in [0.15, 0.2) is 72.8 Å². The van der Waals surface area contributed by atoms with Gasteiger partial charge in [-0.15, -0.1) is 0 Å². The molecule has 5 heteroatoms. The molecule has 3 N–H and O–H groups in total. The molecular formula is C28H28N2O3. The molecule has 4 aromatic carbocycles. The minimum absolute atomic E-state index is 0.0680. The van der Waals surface area contributed by atoms with E-state index in [-0.39, 0.29) is 23.1 Å². The van der Waals surface area contributed by atoms with E-state index in [0.717, 1.165) is 52.9 Å². The van der Waals surface area contributed by atoms with Crippen LogP contribution >= 0.6 is 0 Å². The van der Waals surface area contributed by atoms with E-state index in [2.05, 4.69) is 17.6 Å². The van der Waals surface area contributed by atoms with E-state index < -0.39 is 0 Å². The molecule has 0 aliphatic heterocycles. The number of aromatic hydroxyl groups is 1. The molecule has 0 unspecified atom stereocenters. The van der Waals surface area contributed by atoms with Crippen molar-refractivity contribution in [3.63, 3.8) is 0 Å². The lowest BCUT2D eigenvalue weighted by atomic mass is 10.0. The number of hydrogen-bond donors (Lipinski definition) is 3. The fourth-order valence-electron chi connectivity index (χ4n) is 3.99. The molecule has 2 amide bonds. The maximum atomic E-state index is 13.0. The predicted octanol–water partition coefficient (Wildman–Crippen LogP) is 6.26. The first-order chi connectivity index (χ1) is 16.1. The maximum absolute atomic E-state index is 13.0. The molecule has 4 rings (SSSR count). The van der Waals surface area contributed by atoms with Gasteiger partial charge >= 0.3 is 0 Å². The molecule has 0 fully saturated rings. The van der Waals surface area contributed by atoms with Crippen LogP contribution in [-0.2, 0) is 0 Å². The van der Waals surface area contributed by atoms with E-state index in [0.29, 0.717) is 12.1 Å². The second kappa shape index (κ2) is 10.2. The van der Waals surface area contributed by atoms with E-state index in [9.17, 15) is 14.7 Å². The number of carbonyl (C=O) groups excluding carboxylic acids is 2. The van der Waals surface area contributed by atoms with Crippen molar-refractivity contribution in [2.24, 2.45) is 0 Å². The van der Waals surface area contributed by atoms with Gasteiger partial charge in [-0.3, -0.25) is 9.59 Å². The van der Waals surface area contributed by atoms with Gasteiger partial charge in [0.25, 0.3) is 11.8 Å². The van der Waals surface area contributed by atoms with Gasteiger partial charge in [0.15, 0.2) is 0 Å². The Morgan fingerprint density at radius 1 is 0.788 bits per heavy atom. The van der Waals surface area contributed by atoms with Gasteiger partial charge in [-0.1, -0.05) is 68.7 Å². The number of benzene rings is 4. The van der Waals surface area contributed by atoms with Crippen LogP contribution < -0.4 is 10.6 Å². The highest BCUT2D eigenvalue weighted by Gasteiger charge is 2.14. The molecular weight excluding hydrogens is 412 g/mol. The van der Waals surface area contributed by atoms with Gasteiger partial charge < -0.3 is 15.7 Å². The van der Waals surface area contributed by atoms with E-state index in [1.54, 1.807) is 30.3 Å². The quantitative estimate of drug-likeness (QED) is 0.283. The first-order valence-corrected chi connectivity index (χ1v) is 11.4. The van der Waals surface area contributed by atoms with Crippen molar-refractivity contribution in [3.05, 3.63) is 83.9 Å². The number of nitrogens with one attached hydrogen (secondary N) is 2. The van der Waals surface area contributed by atoms with Gasteiger partial charge in [-0.25, -0.2) is 0 Å². The third-order valence-electron chi connectivity index (χ3n) is 5.82. The second-order valence-electron chi connectivity index (χ2n) is 8.23. The molecule has 168 valence electrons. The number of phenolic OH excluding ortho intramolecular Hbond substituents is 1. The summed E-state index contributed by atoms with van der Waals surface area (Å²) < 4.78 is 0. The SMILES string of the molecule is CCCCCCNC(=O)c1cc2cc(C(=O)Nc3cccc4ccccc34)ccc2cc1O. The molecule has 4 aromatic rings. The zero-order valence-electron chi connectivity index (χ0n) is 18.7. The van der Waals surface area contributed by atoms with Crippen molar-refractivity contribution < 1.29 is 14.7 Å². The van der Waals surface area contributed by atoms with Crippen molar-refractivity contribution in [1.82, 2.24) is 5.32 Å². The number of carbonyl (C=O) groups is 2. The molecule has 0 aromatic heterocycles. The average Bonchev–Trinajstić information content (AvgIpc) is 2.83. The van der Waals surface area contributed by atoms with Crippen molar-refractivity contribution in [2.45, 2.75) is 32.6 Å². The van der Waals surface area contributed by atoms with Gasteiger partial charge in [0.2, 0.25) is 0 Å². The molecule has 5 nitrogen and oxygen atoms in total. The standard InChI is InChI=1S/C28H28N2O3/c1-2-3-4-7-15-29-28(33)24-17-22-16-21(14-13-20(22)18-26(24)31)27(32)30-25-12-8-10-19-9-5-6-11-23(19)25/h5-6,8-14,16-18,31H,2-4,7,15H2,1H3,(H,29,33)(H,30,32). The van der Waals surface area contributed by atoms with Crippen molar-refractivity contribution >= 4 is 39.0 Å². The monoisotopic (exact) mass is 440 g/mol. The number of amides is 2. The summed E-state index contributed by atoms with van der Waals surface area (Å²) in [5, 5.41) is 19.7. The second-order valence-corrected chi connectivity index (χ2v) is 8.23. The van der Waals surface area contributed by atoms with Gasteiger partial charge in [0.05, 0.1) is 5.56 Å². The summed E-state index contributed by atoms with van der Waals surface area (Å²) in [7, 11) is 0. The van der Waals surface area contributed by atoms with E-state index in [4.69, 9.17) is 0 Å². The Hall–Kier alpha value is -3.86. The third-order valence-corrected chi connectivity index (χ3v) is 5.82. The number of phenols is 1. The lowest BCUT2D eigenvalue weighted by molar-refractivity contribution is 0.0949. The summed E-state index contributed by atoms with van der Waals surface area (Å²) in [4.78, 5) is 25.6. The van der Waals surface area contributed by atoms with Crippen LogP contribution in [0, 0.1) is 0 Å². The predicted molar refractivity (Wildman–Crippen MR) is 134 cm³/mol. The molecule has 0 spiro atoms. The highest BCUT2D eigenvalue weighted by molar-refractivity contribution is 6.11. The van der Waals surface area contributed by atoms with Crippen LogP contribution in [-0.4, -0.2) is 23.5 Å². The number of unbranched alkanes of at least 4 members (excludes halogenated alkanes) is 3. The summed E-state index contributed by atoms with van der Waals surface area (Å²) >= 11 is 0. The van der Waals surface area contributed by atoms with Crippen LogP contribution in [0.25, 0.3) is 21.5 Å². The third kappa shape index (κ3) is 5.14. The minimum atomic E-state index is -0.309. The average molecular weight is 441 g/mol. The molecule has 0 bridgehead atoms. The molecule has 0 radical (unpaired) electrons. The smallest absolute Gasteiger partial charge is 0.255 e. The molecule has 0 heterocycles. The molecule has 0 saturated carbocycles. The van der Waals surface area contributed by atoms with Gasteiger partial charge in [-0.05, 0) is 52.9 Å². The van der Waals surface area contributed by atoms with Crippen LogP contribution in [0.1, 0.15) is 53.3 Å². The fourth-order valence-corrected chi connectivity index (χ4v) is 3.99. The topological polar surface area (TPSA) is 78.4 Å². The van der Waals surface area contributed by atoms with E-state index in [1.165, 1.54) is 0 Å².